The van der Waals surface area contributed by atoms with Gasteiger partial charge in [-0.3, -0.25) is 14.2 Å². The van der Waals surface area contributed by atoms with Crippen molar-refractivity contribution in [3.63, 3.8) is 0 Å². The number of halogens is 1. The van der Waals surface area contributed by atoms with Crippen molar-refractivity contribution in [3.05, 3.63) is 63.9 Å². The minimum Gasteiger partial charge on any atom is -0.368 e. The Morgan fingerprint density at radius 3 is 2.58 bits per heavy atom. The number of amides is 1. The van der Waals surface area contributed by atoms with Gasteiger partial charge in [-0.2, -0.15) is 0 Å². The molecule has 0 N–H and O–H groups in total. The number of hydrogen-bond acceptors (Lipinski definition) is 5. The van der Waals surface area contributed by atoms with E-state index in [1.807, 2.05) is 53.4 Å². The molecule has 2 fully saturated rings. The van der Waals surface area contributed by atoms with Crippen molar-refractivity contribution in [3.8, 4) is 0 Å². The molecule has 31 heavy (non-hydrogen) atoms. The summed E-state index contributed by atoms with van der Waals surface area (Å²) in [6.07, 6.45) is 1.99. The van der Waals surface area contributed by atoms with Gasteiger partial charge in [0, 0.05) is 42.9 Å². The summed E-state index contributed by atoms with van der Waals surface area (Å²) in [6.45, 7) is 2.90. The van der Waals surface area contributed by atoms with Crippen molar-refractivity contribution in [1.29, 1.82) is 0 Å². The first kappa shape index (κ1) is 20.4. The molecule has 2 aliphatic rings. The van der Waals surface area contributed by atoms with Crippen LogP contribution in [0.15, 0.2) is 58.5 Å². The lowest BCUT2D eigenvalue weighted by molar-refractivity contribution is -0.128. The fraction of sp³-hybridized carbons (Fsp3) is 0.348. The number of nitrogens with zero attached hydrogens (tertiary/aromatic N) is 4. The molecule has 5 rings (SSSR count). The van der Waals surface area contributed by atoms with Gasteiger partial charge in [-0.25, -0.2) is 4.98 Å². The number of hydrogen-bond donors (Lipinski definition) is 0. The van der Waals surface area contributed by atoms with Crippen molar-refractivity contribution < 1.29 is 4.79 Å². The number of rotatable bonds is 5. The molecule has 1 aromatic heterocycles. The highest BCUT2D eigenvalue weighted by Crippen LogP contribution is 2.36. The lowest BCUT2D eigenvalue weighted by atomic mass is 10.2. The molecule has 1 saturated heterocycles. The molecule has 8 heteroatoms. The molecule has 0 spiro atoms. The summed E-state index contributed by atoms with van der Waals surface area (Å²) in [4.78, 5) is 34.7. The highest BCUT2D eigenvalue weighted by molar-refractivity contribution is 7.99. The topological polar surface area (TPSA) is 58.4 Å². The highest BCUT2D eigenvalue weighted by atomic mass is 35.5. The van der Waals surface area contributed by atoms with E-state index in [1.54, 1.807) is 4.57 Å². The van der Waals surface area contributed by atoms with Gasteiger partial charge in [-0.15, -0.1) is 0 Å². The van der Waals surface area contributed by atoms with E-state index in [0.29, 0.717) is 29.1 Å². The van der Waals surface area contributed by atoms with Crippen molar-refractivity contribution in [1.82, 2.24) is 14.5 Å². The Morgan fingerprint density at radius 1 is 1.06 bits per heavy atom. The van der Waals surface area contributed by atoms with Crippen LogP contribution < -0.4 is 10.5 Å². The van der Waals surface area contributed by atoms with E-state index in [2.05, 4.69) is 4.90 Å². The molecule has 6 nitrogen and oxygen atoms in total. The molecule has 1 aliphatic heterocycles. The molecule has 0 radical (unpaired) electrons. The van der Waals surface area contributed by atoms with E-state index in [9.17, 15) is 9.59 Å². The maximum absolute atomic E-state index is 13.0. The number of aromatic nitrogens is 2. The smallest absolute Gasteiger partial charge is 0.262 e. The molecular weight excluding hydrogens is 432 g/mol. The molecule has 0 bridgehead atoms. The maximum atomic E-state index is 13.0. The number of piperazine rings is 1. The van der Waals surface area contributed by atoms with Gasteiger partial charge in [-0.1, -0.05) is 41.6 Å². The van der Waals surface area contributed by atoms with Gasteiger partial charge < -0.3 is 9.80 Å². The Morgan fingerprint density at radius 2 is 1.84 bits per heavy atom. The van der Waals surface area contributed by atoms with Crippen molar-refractivity contribution in [2.24, 2.45) is 0 Å². The number of fused-ring (bicyclic) bond motifs is 1. The van der Waals surface area contributed by atoms with Gasteiger partial charge >= 0.3 is 0 Å². The molecular formula is C23H23ClN4O2S. The number of anilines is 1. The summed E-state index contributed by atoms with van der Waals surface area (Å²) in [7, 11) is 0. The van der Waals surface area contributed by atoms with Gasteiger partial charge in [0.25, 0.3) is 5.56 Å². The Labute approximate surface area is 189 Å². The normalized spacial score (nSPS) is 16.7. The molecule has 3 aromatic rings. The third kappa shape index (κ3) is 4.29. The van der Waals surface area contributed by atoms with Gasteiger partial charge in [-0.05, 0) is 43.2 Å². The van der Waals surface area contributed by atoms with Crippen LogP contribution in [0.1, 0.15) is 18.9 Å². The van der Waals surface area contributed by atoms with Gasteiger partial charge in [0.15, 0.2) is 5.16 Å². The lowest BCUT2D eigenvalue weighted by Crippen LogP contribution is -2.49. The fourth-order valence-corrected chi connectivity index (χ4v) is 5.14. The van der Waals surface area contributed by atoms with E-state index < -0.39 is 0 Å². The van der Waals surface area contributed by atoms with E-state index in [0.717, 1.165) is 36.6 Å². The van der Waals surface area contributed by atoms with Crippen LogP contribution in [0.4, 0.5) is 5.69 Å². The first-order valence-electron chi connectivity index (χ1n) is 10.5. The summed E-state index contributed by atoms with van der Waals surface area (Å²) >= 11 is 7.48. The van der Waals surface area contributed by atoms with E-state index >= 15 is 0 Å². The average Bonchev–Trinajstić information content (AvgIpc) is 3.63. The Hall–Kier alpha value is -2.51. The van der Waals surface area contributed by atoms with Crippen LogP contribution >= 0.6 is 23.4 Å². The molecule has 160 valence electrons. The zero-order valence-corrected chi connectivity index (χ0v) is 18.6. The second-order valence-electron chi connectivity index (χ2n) is 7.95. The zero-order chi connectivity index (χ0) is 21.4. The Kier molecular flexibility index (Phi) is 5.63. The predicted molar refractivity (Wildman–Crippen MR) is 125 cm³/mol. The number of para-hydroxylation sites is 1. The Balaban J connectivity index is 1.26. The Bertz CT molecular complexity index is 1190. The number of thioether (sulfide) groups is 1. The van der Waals surface area contributed by atoms with Crippen LogP contribution in [0.5, 0.6) is 0 Å². The number of benzene rings is 2. The van der Waals surface area contributed by atoms with Crippen molar-refractivity contribution >= 4 is 45.9 Å². The van der Waals surface area contributed by atoms with E-state index in [4.69, 9.17) is 16.6 Å². The van der Waals surface area contributed by atoms with Crippen LogP contribution in [-0.4, -0.2) is 52.3 Å². The molecule has 2 heterocycles. The summed E-state index contributed by atoms with van der Waals surface area (Å²) in [6, 6.07) is 15.4. The largest absolute Gasteiger partial charge is 0.368 e. The van der Waals surface area contributed by atoms with Gasteiger partial charge in [0.1, 0.15) is 0 Å². The zero-order valence-electron chi connectivity index (χ0n) is 17.0. The molecule has 1 saturated carbocycles. The average molecular weight is 455 g/mol. The third-order valence-electron chi connectivity index (χ3n) is 5.82. The maximum Gasteiger partial charge on any atom is 0.262 e. The molecule has 1 amide bonds. The molecule has 1 aliphatic carbocycles. The lowest BCUT2D eigenvalue weighted by Gasteiger charge is -2.36. The second-order valence-corrected chi connectivity index (χ2v) is 9.33. The minimum absolute atomic E-state index is 0.00168. The second kappa shape index (κ2) is 8.55. The van der Waals surface area contributed by atoms with Crippen molar-refractivity contribution in [2.45, 2.75) is 24.0 Å². The number of carbonyl (C=O) groups is 1. The highest BCUT2D eigenvalue weighted by Gasteiger charge is 2.29. The minimum atomic E-state index is -0.00168. The molecule has 2 aromatic carbocycles. The molecule has 0 atom stereocenters. The van der Waals surface area contributed by atoms with E-state index in [-0.39, 0.29) is 23.3 Å². The monoisotopic (exact) mass is 454 g/mol. The van der Waals surface area contributed by atoms with Gasteiger partial charge in [0.05, 0.1) is 16.7 Å². The summed E-state index contributed by atoms with van der Waals surface area (Å²) in [5, 5.41) is 2.01. The third-order valence-corrected chi connectivity index (χ3v) is 6.99. The van der Waals surface area contributed by atoms with E-state index in [1.165, 1.54) is 11.8 Å². The van der Waals surface area contributed by atoms with Gasteiger partial charge in [0.2, 0.25) is 5.91 Å². The number of carbonyl (C=O) groups excluding carboxylic acids is 1. The van der Waals surface area contributed by atoms with Crippen LogP contribution in [-0.2, 0) is 4.79 Å². The summed E-state index contributed by atoms with van der Waals surface area (Å²) < 4.78 is 1.79. The quantitative estimate of drug-likeness (QED) is 0.433. The standard InChI is InChI=1S/C23H23ClN4O2S/c24-16-4-3-5-18(14-16)26-10-12-27(13-11-26)21(29)15-31-23-25-20-7-2-1-6-19(20)22(30)28(23)17-8-9-17/h1-7,14,17H,8-13,15H2. The predicted octanol–water partition coefficient (Wildman–Crippen LogP) is 3.83. The summed E-state index contributed by atoms with van der Waals surface area (Å²) in [5.74, 6) is 0.370. The first-order chi connectivity index (χ1) is 15.1. The van der Waals surface area contributed by atoms with Crippen LogP contribution in [0.25, 0.3) is 10.9 Å². The summed E-state index contributed by atoms with van der Waals surface area (Å²) in [5.41, 5.74) is 1.77. The first-order valence-corrected chi connectivity index (χ1v) is 11.9. The van der Waals surface area contributed by atoms with Crippen LogP contribution in [0, 0.1) is 0 Å². The van der Waals surface area contributed by atoms with Crippen LogP contribution in [0.2, 0.25) is 5.02 Å². The van der Waals surface area contributed by atoms with Crippen molar-refractivity contribution in [2.75, 3.05) is 36.8 Å². The molecule has 0 unspecified atom stereocenters. The van der Waals surface area contributed by atoms with Crippen LogP contribution in [0.3, 0.4) is 0 Å². The fourth-order valence-electron chi connectivity index (χ4n) is 3.99. The SMILES string of the molecule is O=C(CSc1nc2ccccc2c(=O)n1C1CC1)N1CCN(c2cccc(Cl)c2)CC1.